The number of benzene rings is 5. The maximum atomic E-state index is 9.00. The molecule has 0 bridgehead atoms. The molecule has 0 radical (unpaired) electrons. The highest BCUT2D eigenvalue weighted by atomic mass is 16.6. The van der Waals surface area contributed by atoms with Gasteiger partial charge in [0.25, 0.3) is 0 Å². The fraction of sp³-hybridized carbons (Fsp3) is 0.516. The largest absolute Gasteiger partial charge is 0.490 e. The van der Waals surface area contributed by atoms with E-state index in [1.54, 1.807) is 0 Å². The van der Waals surface area contributed by atoms with E-state index in [9.17, 15) is 0 Å². The van der Waals surface area contributed by atoms with Crippen LogP contribution in [0.3, 0.4) is 0 Å². The predicted octanol–water partition coefficient (Wildman–Crippen LogP) is 12.4. The van der Waals surface area contributed by atoms with Crippen molar-refractivity contribution in [1.82, 2.24) is 0 Å². The summed E-state index contributed by atoms with van der Waals surface area (Å²) in [6, 6.07) is 32.4. The molecular weight excluding hydrogens is 905 g/mol. The molecule has 72 heavy (non-hydrogen) atoms. The Labute approximate surface area is 430 Å². The van der Waals surface area contributed by atoms with Crippen LogP contribution in [0.15, 0.2) is 84.9 Å². The first-order valence-electron chi connectivity index (χ1n) is 27.0. The van der Waals surface area contributed by atoms with Gasteiger partial charge in [0.1, 0.15) is 0 Å². The number of aliphatic hydroxyl groups is 2. The highest BCUT2D eigenvalue weighted by Crippen LogP contribution is 2.56. The van der Waals surface area contributed by atoms with Crippen molar-refractivity contribution in [3.63, 3.8) is 0 Å². The Bertz CT molecular complexity index is 2410. The minimum Gasteiger partial charge on any atom is -0.490 e. The molecule has 0 heterocycles. The summed E-state index contributed by atoms with van der Waals surface area (Å²) in [5.41, 5.74) is 17.4. The summed E-state index contributed by atoms with van der Waals surface area (Å²) in [5.74, 6) is 1.74. The lowest BCUT2D eigenvalue weighted by molar-refractivity contribution is 0.00160. The van der Waals surface area contributed by atoms with Crippen LogP contribution < -0.4 is 9.47 Å². The van der Waals surface area contributed by atoms with Crippen molar-refractivity contribution in [1.29, 1.82) is 0 Å². The summed E-state index contributed by atoms with van der Waals surface area (Å²) >= 11 is 0. The second-order valence-corrected chi connectivity index (χ2v) is 19.3. The minimum atomic E-state index is -0.00317. The zero-order valence-electron chi connectivity index (χ0n) is 43.8. The van der Waals surface area contributed by atoms with Gasteiger partial charge in [0.15, 0.2) is 11.5 Å². The van der Waals surface area contributed by atoms with Gasteiger partial charge in [-0.3, -0.25) is 0 Å². The average molecular weight is 987 g/mol. The minimum absolute atomic E-state index is 0.000340. The van der Waals surface area contributed by atoms with Crippen LogP contribution in [0.5, 0.6) is 11.5 Å². The van der Waals surface area contributed by atoms with E-state index in [1.165, 1.54) is 118 Å². The summed E-state index contributed by atoms with van der Waals surface area (Å²) in [7, 11) is 0. The van der Waals surface area contributed by atoms with E-state index in [4.69, 9.17) is 48.1 Å². The zero-order valence-corrected chi connectivity index (χ0v) is 43.8. The van der Waals surface area contributed by atoms with Gasteiger partial charge < -0.3 is 48.1 Å². The molecule has 2 atom stereocenters. The van der Waals surface area contributed by atoms with Crippen molar-refractivity contribution >= 4 is 0 Å². The molecule has 2 aliphatic carbocycles. The van der Waals surface area contributed by atoms with Crippen LogP contribution in [-0.2, 0) is 41.6 Å². The lowest BCUT2D eigenvalue weighted by atomic mass is 9.85. The summed E-state index contributed by atoms with van der Waals surface area (Å²) in [6.07, 6.45) is 11.9. The molecule has 2 aliphatic rings. The number of hydrogen-bond donors (Lipinski definition) is 2. The first-order valence-corrected chi connectivity index (χ1v) is 27.0. The number of ether oxygens (including phenoxy) is 8. The quantitative estimate of drug-likeness (QED) is 0.0368. The van der Waals surface area contributed by atoms with Gasteiger partial charge in [-0.2, -0.15) is 0 Å². The van der Waals surface area contributed by atoms with E-state index in [2.05, 4.69) is 113 Å². The van der Waals surface area contributed by atoms with Crippen molar-refractivity contribution in [2.75, 3.05) is 92.5 Å². The van der Waals surface area contributed by atoms with Crippen molar-refractivity contribution < 1.29 is 48.1 Å². The van der Waals surface area contributed by atoms with Crippen LogP contribution in [0.1, 0.15) is 146 Å². The Morgan fingerprint density at radius 1 is 0.361 bits per heavy atom. The fourth-order valence-corrected chi connectivity index (χ4v) is 10.1. The van der Waals surface area contributed by atoms with Crippen molar-refractivity contribution in [2.24, 2.45) is 0 Å². The summed E-state index contributed by atoms with van der Waals surface area (Å²) in [6.45, 7) is 15.2. The van der Waals surface area contributed by atoms with Crippen molar-refractivity contribution in [2.45, 2.75) is 117 Å². The molecule has 0 aromatic heterocycles. The van der Waals surface area contributed by atoms with Crippen LogP contribution in [0.25, 0.3) is 22.3 Å². The molecule has 0 saturated heterocycles. The number of aliphatic hydroxyl groups excluding tert-OH is 2. The smallest absolute Gasteiger partial charge is 0.161 e. The lowest BCUT2D eigenvalue weighted by Crippen LogP contribution is -2.12. The van der Waals surface area contributed by atoms with Crippen LogP contribution in [-0.4, -0.2) is 103 Å². The van der Waals surface area contributed by atoms with Gasteiger partial charge in [-0.05, 0) is 118 Å². The average Bonchev–Trinajstić information content (AvgIpc) is 3.87. The molecule has 7 rings (SSSR count). The normalized spacial score (nSPS) is 14.4. The van der Waals surface area contributed by atoms with E-state index in [0.717, 1.165) is 35.5 Å². The fourth-order valence-electron chi connectivity index (χ4n) is 10.1. The summed E-state index contributed by atoms with van der Waals surface area (Å²) in [4.78, 5) is 0. The molecule has 0 fully saturated rings. The molecule has 2 unspecified atom stereocenters. The molecule has 390 valence electrons. The molecule has 5 aromatic carbocycles. The van der Waals surface area contributed by atoms with E-state index >= 15 is 0 Å². The monoisotopic (exact) mass is 987 g/mol. The molecule has 10 nitrogen and oxygen atoms in total. The van der Waals surface area contributed by atoms with E-state index < -0.39 is 0 Å². The van der Waals surface area contributed by atoms with Gasteiger partial charge in [0.2, 0.25) is 0 Å². The molecule has 0 amide bonds. The Hall–Kier alpha value is -4.62. The van der Waals surface area contributed by atoms with E-state index in [0.29, 0.717) is 92.5 Å². The third-order valence-corrected chi connectivity index (χ3v) is 13.8. The van der Waals surface area contributed by atoms with Crippen LogP contribution in [0.2, 0.25) is 0 Å². The third-order valence-electron chi connectivity index (χ3n) is 13.8. The highest BCUT2D eigenvalue weighted by Gasteiger charge is 2.37. The first kappa shape index (κ1) is 55.1. The number of aryl methyl sites for hydroxylation is 2. The predicted molar refractivity (Wildman–Crippen MR) is 287 cm³/mol. The summed E-state index contributed by atoms with van der Waals surface area (Å²) in [5, 5.41) is 18.0. The van der Waals surface area contributed by atoms with Gasteiger partial charge in [0.05, 0.1) is 106 Å². The Morgan fingerprint density at radius 3 is 1.31 bits per heavy atom. The third kappa shape index (κ3) is 15.2. The molecule has 2 N–H and O–H groups in total. The maximum Gasteiger partial charge on any atom is 0.161 e. The Kier molecular flexibility index (Phi) is 22.9. The van der Waals surface area contributed by atoms with Gasteiger partial charge in [-0.15, -0.1) is 0 Å². The Balaban J connectivity index is 1.19. The molecule has 5 aromatic rings. The molecular formula is C62H82O10. The van der Waals surface area contributed by atoms with Crippen LogP contribution in [0, 0.1) is 13.8 Å². The number of hydrogen-bond acceptors (Lipinski definition) is 10. The first-order chi connectivity index (χ1) is 35.4. The van der Waals surface area contributed by atoms with E-state index in [1.807, 2.05) is 0 Å². The zero-order chi connectivity index (χ0) is 50.3. The SMILES string of the molecule is CCCCCCCOc1ccc(C2c3cc(C)ccc3-c3cc4c(cc32)-c2ccc(C)cc2C4c2ccc(COCCOCCOCCO)c(COCCOCCOCCO)c2)cc1OCCCCCCC. The number of unbranched alkanes of at least 4 members (excludes halogenated alkanes) is 8. The van der Waals surface area contributed by atoms with Crippen molar-refractivity contribution in [3.8, 4) is 33.8 Å². The second-order valence-electron chi connectivity index (χ2n) is 19.3. The topological polar surface area (TPSA) is 114 Å². The molecule has 0 spiro atoms. The maximum absolute atomic E-state index is 9.00. The van der Waals surface area contributed by atoms with E-state index in [-0.39, 0.29) is 25.0 Å². The van der Waals surface area contributed by atoms with Crippen LogP contribution >= 0.6 is 0 Å². The second kappa shape index (κ2) is 29.9. The number of fused-ring (bicyclic) bond motifs is 6. The Morgan fingerprint density at radius 2 is 0.792 bits per heavy atom. The van der Waals surface area contributed by atoms with Crippen molar-refractivity contribution in [3.05, 3.63) is 141 Å². The van der Waals surface area contributed by atoms with Gasteiger partial charge >= 0.3 is 0 Å². The molecule has 10 heteroatoms. The number of rotatable bonds is 36. The standard InChI is InChI=1S/C62H82O10/c1-5-7-9-11-13-25-71-59-22-19-48(40-60(59)72-26-14-12-10-8-6-2)62-56-38-46(4)16-21-52(56)54-41-57-53(42-58(54)62)51-20-15-45(3)37-55(51)61(57)47-17-18-49(43-69-35-33-67-31-29-65-27-23-63)50(39-47)44-70-36-34-68-32-30-66-28-24-64/h15-22,37-42,61-64H,5-14,23-36,43-44H2,1-4H3. The lowest BCUT2D eigenvalue weighted by Gasteiger charge is -2.20. The molecule has 0 saturated carbocycles. The highest BCUT2D eigenvalue weighted by molar-refractivity contribution is 5.90. The van der Waals surface area contributed by atoms with Gasteiger partial charge in [0, 0.05) is 11.8 Å². The van der Waals surface area contributed by atoms with Crippen LogP contribution in [0.4, 0.5) is 0 Å². The molecule has 0 aliphatic heterocycles. The summed E-state index contributed by atoms with van der Waals surface area (Å²) < 4.78 is 47.7. The van der Waals surface area contributed by atoms with Gasteiger partial charge in [-0.25, -0.2) is 0 Å². The van der Waals surface area contributed by atoms with Gasteiger partial charge in [-0.1, -0.05) is 137 Å².